The van der Waals surface area contributed by atoms with Crippen LogP contribution in [0, 0.1) is 0 Å². The molecule has 1 aromatic rings. The second kappa shape index (κ2) is 10.8. The number of likely N-dealkylation sites (N-methyl/N-ethyl adjacent to an activating group) is 1. The first-order chi connectivity index (χ1) is 12.4. The number of hydrogen-bond acceptors (Lipinski definition) is 5. The zero-order valence-electron chi connectivity index (χ0n) is 15.0. The van der Waals surface area contributed by atoms with E-state index in [4.69, 9.17) is 10.5 Å². The van der Waals surface area contributed by atoms with Crippen molar-refractivity contribution < 1.29 is 23.0 Å². The molecule has 1 aliphatic heterocycles. The van der Waals surface area contributed by atoms with E-state index in [1.165, 1.54) is 6.20 Å². The Morgan fingerprint density at radius 2 is 2.23 bits per heavy atom. The smallest absolute Gasteiger partial charge is 0.416 e. The molecule has 1 atom stereocenters. The molecule has 9 heteroatoms. The predicted molar refractivity (Wildman–Crippen MR) is 98.9 cm³/mol. The number of carbonyl (C=O) groups is 1. The third kappa shape index (κ3) is 6.36. The molecule has 1 aromatic carbocycles. The van der Waals surface area contributed by atoms with E-state index >= 15 is 0 Å². The highest BCUT2D eigenvalue weighted by Crippen LogP contribution is 2.21. The number of carbonyl (C=O) groups excluding carboxylic acids is 1. The van der Waals surface area contributed by atoms with E-state index in [0.717, 1.165) is 9.37 Å². The number of halogens is 3. The van der Waals surface area contributed by atoms with Crippen molar-refractivity contribution in [2.75, 3.05) is 26.8 Å². The lowest BCUT2D eigenvalue weighted by Gasteiger charge is -2.23. The lowest BCUT2D eigenvalue weighted by molar-refractivity contribution is 0.0690. The number of alkyl halides is 2. The van der Waals surface area contributed by atoms with Crippen molar-refractivity contribution in [1.82, 2.24) is 9.80 Å². The van der Waals surface area contributed by atoms with Crippen LogP contribution in [0.5, 0.6) is 5.75 Å². The lowest BCUT2D eigenvalue weighted by Crippen LogP contribution is -2.41. The number of amides is 1. The summed E-state index contributed by atoms with van der Waals surface area (Å²) in [5.41, 5.74) is 5.77. The van der Waals surface area contributed by atoms with Gasteiger partial charge in [-0.25, -0.2) is 13.6 Å². The van der Waals surface area contributed by atoms with Crippen LogP contribution in [0.2, 0.25) is 0 Å². The summed E-state index contributed by atoms with van der Waals surface area (Å²) in [6, 6.07) is 6.03. The fourth-order valence-corrected chi connectivity index (χ4v) is 2.51. The topological polar surface area (TPSA) is 68.0 Å². The van der Waals surface area contributed by atoms with Gasteiger partial charge in [-0.2, -0.15) is 0 Å². The average Bonchev–Trinajstić information content (AvgIpc) is 2.99. The van der Waals surface area contributed by atoms with Gasteiger partial charge in [0.15, 0.2) is 0 Å². The largest absolute Gasteiger partial charge is 0.492 e. The Kier molecular flexibility index (Phi) is 9.18. The molecule has 1 unspecified atom stereocenters. The van der Waals surface area contributed by atoms with Crippen LogP contribution in [0.3, 0.4) is 0 Å². The second-order valence-electron chi connectivity index (χ2n) is 5.19. The number of ether oxygens (including phenoxy) is 2. The minimum Gasteiger partial charge on any atom is -0.492 e. The van der Waals surface area contributed by atoms with Crippen LogP contribution in [-0.2, 0) is 4.74 Å². The minimum absolute atomic E-state index is 0.0900. The highest BCUT2D eigenvalue weighted by Gasteiger charge is 2.40. The summed E-state index contributed by atoms with van der Waals surface area (Å²) in [7, 11) is 1.70. The van der Waals surface area contributed by atoms with Gasteiger partial charge in [0.1, 0.15) is 30.8 Å². The average molecular weight is 436 g/mol. The Balaban J connectivity index is 0.00000163. The molecule has 0 bridgehead atoms. The van der Waals surface area contributed by atoms with E-state index in [9.17, 15) is 13.6 Å². The number of nitrogens with zero attached hydrogens (tertiary/aromatic N) is 2. The summed E-state index contributed by atoms with van der Waals surface area (Å²) >= 11 is 3.35. The monoisotopic (exact) mass is 435 g/mol. The molecule has 26 heavy (non-hydrogen) atoms. The first kappa shape index (κ1) is 22.0. The fraction of sp³-hybridized carbons (Fsp3) is 0.471. The SMILES string of the molecule is CC.CN(/C=C(\N)N1C(=O)OCC1C(F)F)CCOc1cccc(Br)c1. The quantitative estimate of drug-likeness (QED) is 0.707. The van der Waals surface area contributed by atoms with Crippen LogP contribution >= 0.6 is 15.9 Å². The first-order valence-electron chi connectivity index (χ1n) is 8.18. The van der Waals surface area contributed by atoms with Crippen molar-refractivity contribution in [3.8, 4) is 5.75 Å². The van der Waals surface area contributed by atoms with E-state index in [1.807, 2.05) is 38.1 Å². The van der Waals surface area contributed by atoms with Crippen molar-refractivity contribution in [1.29, 1.82) is 0 Å². The molecule has 1 heterocycles. The molecule has 0 aliphatic carbocycles. The first-order valence-corrected chi connectivity index (χ1v) is 8.98. The van der Waals surface area contributed by atoms with E-state index in [0.29, 0.717) is 18.9 Å². The highest BCUT2D eigenvalue weighted by atomic mass is 79.9. The maximum absolute atomic E-state index is 12.9. The van der Waals surface area contributed by atoms with E-state index in [-0.39, 0.29) is 12.4 Å². The third-order valence-electron chi connectivity index (χ3n) is 3.34. The minimum atomic E-state index is -2.73. The summed E-state index contributed by atoms with van der Waals surface area (Å²) in [5, 5.41) is 0. The van der Waals surface area contributed by atoms with Crippen LogP contribution in [-0.4, -0.2) is 55.2 Å². The fourth-order valence-electron chi connectivity index (χ4n) is 2.14. The molecule has 0 radical (unpaired) electrons. The summed E-state index contributed by atoms with van der Waals surface area (Å²) in [6.45, 7) is 4.44. The summed E-state index contributed by atoms with van der Waals surface area (Å²) in [4.78, 5) is 14.0. The van der Waals surface area contributed by atoms with Crippen molar-refractivity contribution in [2.45, 2.75) is 26.3 Å². The van der Waals surface area contributed by atoms with Gasteiger partial charge in [-0.05, 0) is 18.2 Å². The van der Waals surface area contributed by atoms with Crippen molar-refractivity contribution in [3.63, 3.8) is 0 Å². The molecule has 1 aliphatic rings. The van der Waals surface area contributed by atoms with Crippen LogP contribution in [0.4, 0.5) is 13.6 Å². The van der Waals surface area contributed by atoms with Crippen molar-refractivity contribution >= 4 is 22.0 Å². The summed E-state index contributed by atoms with van der Waals surface area (Å²) < 4.78 is 36.9. The molecular formula is C17H24BrF2N3O3. The van der Waals surface area contributed by atoms with Gasteiger partial charge in [0.2, 0.25) is 0 Å². The number of cyclic esters (lactones) is 1. The normalized spacial score (nSPS) is 16.9. The van der Waals surface area contributed by atoms with Gasteiger partial charge in [-0.1, -0.05) is 35.8 Å². The zero-order valence-corrected chi connectivity index (χ0v) is 16.6. The summed E-state index contributed by atoms with van der Waals surface area (Å²) in [6.07, 6.45) is -2.19. The van der Waals surface area contributed by atoms with Gasteiger partial charge in [0.05, 0.1) is 6.54 Å². The van der Waals surface area contributed by atoms with Gasteiger partial charge in [-0.15, -0.1) is 0 Å². The molecule has 2 rings (SSSR count). The van der Waals surface area contributed by atoms with Crippen LogP contribution in [0.25, 0.3) is 0 Å². The molecule has 146 valence electrons. The Morgan fingerprint density at radius 1 is 1.54 bits per heavy atom. The molecule has 1 fully saturated rings. The Morgan fingerprint density at radius 3 is 2.85 bits per heavy atom. The Labute approximate surface area is 160 Å². The number of benzene rings is 1. The molecular weight excluding hydrogens is 412 g/mol. The number of hydrogen-bond donors (Lipinski definition) is 1. The zero-order chi connectivity index (χ0) is 19.7. The van der Waals surface area contributed by atoms with Crippen LogP contribution in [0.1, 0.15) is 13.8 Å². The summed E-state index contributed by atoms with van der Waals surface area (Å²) in [5.74, 6) is 0.614. The molecule has 6 nitrogen and oxygen atoms in total. The molecule has 0 saturated carbocycles. The molecule has 1 saturated heterocycles. The van der Waals surface area contributed by atoms with Crippen molar-refractivity contribution in [3.05, 3.63) is 40.8 Å². The van der Waals surface area contributed by atoms with Crippen molar-refractivity contribution in [2.24, 2.45) is 5.73 Å². The standard InChI is InChI=1S/C15H18BrF2N3O3.C2H6/c1-20(5-6-23-11-4-2-3-10(16)7-11)8-13(19)21-12(14(17)18)9-24-15(21)22;1-2/h2-4,7-8,12,14H,5-6,9,19H2,1H3;1-2H3/b13-8+;. The second-order valence-corrected chi connectivity index (χ2v) is 6.10. The van der Waals surface area contributed by atoms with Gasteiger partial charge in [-0.3, -0.25) is 4.90 Å². The molecule has 0 aromatic heterocycles. The predicted octanol–water partition coefficient (Wildman–Crippen LogP) is 3.63. The van der Waals surface area contributed by atoms with Crippen LogP contribution in [0.15, 0.2) is 40.8 Å². The molecule has 1 amide bonds. The lowest BCUT2D eigenvalue weighted by atomic mass is 10.3. The van der Waals surface area contributed by atoms with Gasteiger partial charge in [0.25, 0.3) is 6.43 Å². The van der Waals surface area contributed by atoms with E-state index in [2.05, 4.69) is 20.7 Å². The highest BCUT2D eigenvalue weighted by molar-refractivity contribution is 9.10. The number of rotatable bonds is 7. The Bertz CT molecular complexity index is 617. The van der Waals surface area contributed by atoms with Gasteiger partial charge < -0.3 is 20.1 Å². The third-order valence-corrected chi connectivity index (χ3v) is 3.83. The van der Waals surface area contributed by atoms with Gasteiger partial charge >= 0.3 is 6.09 Å². The Hall–Kier alpha value is -2.03. The maximum atomic E-state index is 12.9. The maximum Gasteiger partial charge on any atom is 0.416 e. The number of nitrogens with two attached hydrogens (primary N) is 1. The molecule has 0 spiro atoms. The van der Waals surface area contributed by atoms with Crippen LogP contribution < -0.4 is 10.5 Å². The molecule has 2 N–H and O–H groups in total. The van der Waals surface area contributed by atoms with E-state index < -0.39 is 18.6 Å². The van der Waals surface area contributed by atoms with Gasteiger partial charge in [0, 0.05) is 17.7 Å². The van der Waals surface area contributed by atoms with E-state index in [1.54, 1.807) is 11.9 Å².